The molecule has 0 radical (unpaired) electrons. The van der Waals surface area contributed by atoms with Gasteiger partial charge < -0.3 is 14.7 Å². The number of nitrogens with zero attached hydrogens (tertiary/aromatic N) is 2. The normalized spacial score (nSPS) is 17.3. The van der Waals surface area contributed by atoms with Crippen LogP contribution in [0.2, 0.25) is 0 Å². The topological polar surface area (TPSA) is 79.7 Å². The Bertz CT molecular complexity index is 1230. The number of benzene rings is 2. The number of rotatable bonds is 8. The molecule has 4 rings (SSSR count). The van der Waals surface area contributed by atoms with Crippen LogP contribution in [0.25, 0.3) is 5.76 Å². The summed E-state index contributed by atoms with van der Waals surface area (Å²) in [5, 5.41) is 11.3. The highest BCUT2D eigenvalue weighted by molar-refractivity contribution is 6.46. The molecule has 1 aromatic heterocycles. The van der Waals surface area contributed by atoms with E-state index < -0.39 is 17.7 Å². The number of aryl methyl sites for hydroxylation is 1. The average Bonchev–Trinajstić information content (AvgIpc) is 3.13. The Hall–Kier alpha value is -3.93. The molecule has 0 spiro atoms. The highest BCUT2D eigenvalue weighted by Gasteiger charge is 2.46. The number of hydrogen-bond donors (Lipinski definition) is 1. The number of aliphatic hydroxyl groups is 1. The third-order valence-electron chi connectivity index (χ3n) is 6.04. The van der Waals surface area contributed by atoms with Gasteiger partial charge in [0.05, 0.1) is 18.2 Å². The Morgan fingerprint density at radius 3 is 2.40 bits per heavy atom. The van der Waals surface area contributed by atoms with Crippen molar-refractivity contribution >= 4 is 17.4 Å². The van der Waals surface area contributed by atoms with Gasteiger partial charge in [-0.1, -0.05) is 57.2 Å². The molecule has 1 aliphatic heterocycles. The van der Waals surface area contributed by atoms with E-state index in [9.17, 15) is 14.7 Å². The largest absolute Gasteiger partial charge is 0.507 e. The van der Waals surface area contributed by atoms with Crippen LogP contribution in [0, 0.1) is 5.92 Å². The van der Waals surface area contributed by atoms with Crippen LogP contribution in [-0.2, 0) is 22.6 Å². The van der Waals surface area contributed by atoms with Crippen molar-refractivity contribution in [1.82, 2.24) is 9.88 Å². The number of Topliss-reactive ketones (excluding diaryl/α,β-unsaturated/α-hetero) is 1. The van der Waals surface area contributed by atoms with Crippen LogP contribution in [0.4, 0.5) is 0 Å². The summed E-state index contributed by atoms with van der Waals surface area (Å²) in [6.07, 6.45) is 4.16. The zero-order chi connectivity index (χ0) is 24.9. The lowest BCUT2D eigenvalue weighted by Gasteiger charge is -2.26. The molecule has 180 valence electrons. The number of carbonyl (C=O) groups is 2. The fourth-order valence-corrected chi connectivity index (χ4v) is 4.17. The summed E-state index contributed by atoms with van der Waals surface area (Å²) in [7, 11) is 0. The van der Waals surface area contributed by atoms with E-state index in [1.165, 1.54) is 4.90 Å². The molecule has 0 bridgehead atoms. The number of ether oxygens (including phenoxy) is 1. The van der Waals surface area contributed by atoms with Gasteiger partial charge in [-0.15, -0.1) is 0 Å². The number of pyridine rings is 1. The van der Waals surface area contributed by atoms with Crippen LogP contribution < -0.4 is 4.74 Å². The van der Waals surface area contributed by atoms with Crippen molar-refractivity contribution in [1.29, 1.82) is 0 Å². The molecule has 1 saturated heterocycles. The first-order chi connectivity index (χ1) is 16.9. The Labute approximate surface area is 205 Å². The first-order valence-corrected chi connectivity index (χ1v) is 11.9. The van der Waals surface area contributed by atoms with Gasteiger partial charge in [-0.25, -0.2) is 0 Å². The van der Waals surface area contributed by atoms with E-state index in [4.69, 9.17) is 4.74 Å². The average molecular weight is 471 g/mol. The molecule has 1 fully saturated rings. The van der Waals surface area contributed by atoms with Crippen molar-refractivity contribution in [2.45, 2.75) is 39.8 Å². The molecule has 6 heteroatoms. The summed E-state index contributed by atoms with van der Waals surface area (Å²) < 4.78 is 5.91. The number of amides is 1. The Kier molecular flexibility index (Phi) is 7.30. The van der Waals surface area contributed by atoms with E-state index in [0.717, 1.165) is 17.5 Å². The number of carbonyl (C=O) groups excluding carboxylic acids is 2. The second-order valence-corrected chi connectivity index (χ2v) is 9.11. The minimum atomic E-state index is -0.753. The second kappa shape index (κ2) is 10.6. The molecule has 1 aliphatic rings. The number of hydrogen-bond acceptors (Lipinski definition) is 5. The van der Waals surface area contributed by atoms with Crippen molar-refractivity contribution in [3.63, 3.8) is 0 Å². The van der Waals surface area contributed by atoms with E-state index in [1.807, 2.05) is 55.5 Å². The minimum absolute atomic E-state index is 0.0781. The van der Waals surface area contributed by atoms with E-state index in [2.05, 4.69) is 18.8 Å². The number of likely N-dealkylation sites (tertiary alicyclic amines) is 1. The maximum absolute atomic E-state index is 13.3. The Balaban J connectivity index is 1.81. The minimum Gasteiger partial charge on any atom is -0.507 e. The van der Waals surface area contributed by atoms with Crippen molar-refractivity contribution in [3.8, 4) is 5.75 Å². The smallest absolute Gasteiger partial charge is 0.295 e. The lowest BCUT2D eigenvalue weighted by molar-refractivity contribution is -0.140. The Morgan fingerprint density at radius 2 is 1.74 bits per heavy atom. The first kappa shape index (κ1) is 24.2. The number of aliphatic hydroxyl groups excluding tert-OH is 1. The highest BCUT2D eigenvalue weighted by Crippen LogP contribution is 2.41. The summed E-state index contributed by atoms with van der Waals surface area (Å²) >= 11 is 0. The quantitative estimate of drug-likeness (QED) is 0.275. The molecule has 1 amide bonds. The van der Waals surface area contributed by atoms with E-state index in [1.54, 1.807) is 24.5 Å². The van der Waals surface area contributed by atoms with Gasteiger partial charge in [0.1, 0.15) is 11.5 Å². The fraction of sp³-hybridized carbons (Fsp3) is 0.276. The van der Waals surface area contributed by atoms with Crippen molar-refractivity contribution in [2.75, 3.05) is 6.61 Å². The molecule has 2 heterocycles. The predicted molar refractivity (Wildman–Crippen MR) is 135 cm³/mol. The monoisotopic (exact) mass is 470 g/mol. The van der Waals surface area contributed by atoms with Gasteiger partial charge >= 0.3 is 0 Å². The first-order valence-electron chi connectivity index (χ1n) is 11.9. The maximum Gasteiger partial charge on any atom is 0.295 e. The SMILES string of the molecule is CCc1ccc(/C(O)=C2/C(=O)C(=O)N(Cc3ccncc3)C2c2cccc(OCC(C)C)c2)cc1. The lowest BCUT2D eigenvalue weighted by atomic mass is 9.94. The lowest BCUT2D eigenvalue weighted by Crippen LogP contribution is -2.29. The van der Waals surface area contributed by atoms with Crippen LogP contribution in [0.15, 0.2) is 78.6 Å². The summed E-state index contributed by atoms with van der Waals surface area (Å²) in [6, 6.07) is 17.6. The molecule has 1 unspecified atom stereocenters. The van der Waals surface area contributed by atoms with Crippen LogP contribution in [0.1, 0.15) is 49.1 Å². The second-order valence-electron chi connectivity index (χ2n) is 9.11. The van der Waals surface area contributed by atoms with Crippen molar-refractivity contribution < 1.29 is 19.4 Å². The van der Waals surface area contributed by atoms with Gasteiger partial charge in [0.25, 0.3) is 11.7 Å². The third-order valence-corrected chi connectivity index (χ3v) is 6.04. The van der Waals surface area contributed by atoms with Gasteiger partial charge in [0.15, 0.2) is 0 Å². The van der Waals surface area contributed by atoms with Crippen molar-refractivity contribution in [2.24, 2.45) is 5.92 Å². The molecule has 1 atom stereocenters. The summed E-state index contributed by atoms with van der Waals surface area (Å²) in [4.78, 5) is 32.0. The molecule has 2 aromatic carbocycles. The zero-order valence-electron chi connectivity index (χ0n) is 20.3. The zero-order valence-corrected chi connectivity index (χ0v) is 20.3. The molecule has 1 N–H and O–H groups in total. The molecule has 35 heavy (non-hydrogen) atoms. The number of aromatic nitrogens is 1. The van der Waals surface area contributed by atoms with Crippen LogP contribution in [0.3, 0.4) is 0 Å². The van der Waals surface area contributed by atoms with Crippen LogP contribution in [0.5, 0.6) is 5.75 Å². The van der Waals surface area contributed by atoms with E-state index in [0.29, 0.717) is 29.4 Å². The summed E-state index contributed by atoms with van der Waals surface area (Å²) in [6.45, 7) is 6.94. The summed E-state index contributed by atoms with van der Waals surface area (Å²) in [5.41, 5.74) is 3.24. The molecular weight excluding hydrogens is 440 g/mol. The van der Waals surface area contributed by atoms with E-state index >= 15 is 0 Å². The van der Waals surface area contributed by atoms with Gasteiger partial charge in [0.2, 0.25) is 0 Å². The molecular formula is C29H30N2O4. The van der Waals surface area contributed by atoms with Gasteiger partial charge in [-0.2, -0.15) is 0 Å². The molecule has 3 aromatic rings. The third kappa shape index (κ3) is 5.27. The highest BCUT2D eigenvalue weighted by atomic mass is 16.5. The van der Waals surface area contributed by atoms with Crippen LogP contribution >= 0.6 is 0 Å². The standard InChI is InChI=1S/C29H30N2O4/c1-4-20-8-10-22(11-9-20)27(32)25-26(23-6-5-7-24(16-23)35-18-19(2)3)31(29(34)28(25)33)17-21-12-14-30-15-13-21/h5-16,19,26,32H,4,17-18H2,1-3H3/b27-25-. The van der Waals surface area contributed by atoms with Crippen LogP contribution in [-0.4, -0.2) is 33.3 Å². The van der Waals surface area contributed by atoms with Gasteiger partial charge in [-0.3, -0.25) is 14.6 Å². The number of ketones is 1. The summed E-state index contributed by atoms with van der Waals surface area (Å²) in [5.74, 6) is -0.525. The van der Waals surface area contributed by atoms with Gasteiger partial charge in [-0.05, 0) is 53.3 Å². The molecule has 0 aliphatic carbocycles. The predicted octanol–water partition coefficient (Wildman–Crippen LogP) is 5.30. The molecule has 6 nitrogen and oxygen atoms in total. The maximum atomic E-state index is 13.3. The van der Waals surface area contributed by atoms with Gasteiger partial charge in [0, 0.05) is 24.5 Å². The Morgan fingerprint density at radius 1 is 1.03 bits per heavy atom. The van der Waals surface area contributed by atoms with Crippen molar-refractivity contribution in [3.05, 3.63) is 101 Å². The fourth-order valence-electron chi connectivity index (χ4n) is 4.17. The molecule has 0 saturated carbocycles. The van der Waals surface area contributed by atoms with E-state index in [-0.39, 0.29) is 17.9 Å².